The molecule has 0 aromatic carbocycles. The van der Waals surface area contributed by atoms with Gasteiger partial charge in [0.25, 0.3) is 0 Å². The van der Waals surface area contributed by atoms with Crippen LogP contribution in [0.4, 0.5) is 0 Å². The highest BCUT2D eigenvalue weighted by Gasteiger charge is 2.36. The summed E-state index contributed by atoms with van der Waals surface area (Å²) in [6, 6.07) is 0. The Hall–Kier alpha value is 0.110. The van der Waals surface area contributed by atoms with Crippen molar-refractivity contribution < 1.29 is 13.6 Å². The smallest absolute Gasteiger partial charge is 0.294 e. The predicted molar refractivity (Wildman–Crippen MR) is 40.0 cm³/mol. The lowest BCUT2D eigenvalue weighted by atomic mass is 10.9. The highest BCUT2D eigenvalue weighted by molar-refractivity contribution is 7.51. The molecule has 4 nitrogen and oxygen atoms in total. The zero-order chi connectivity index (χ0) is 7.90. The third-order valence-corrected chi connectivity index (χ3v) is 2.82. The lowest BCUT2D eigenvalue weighted by Gasteiger charge is -2.11. The van der Waals surface area contributed by atoms with E-state index in [-0.39, 0.29) is 12.2 Å². The fourth-order valence-electron chi connectivity index (χ4n) is 0.787. The van der Waals surface area contributed by atoms with Gasteiger partial charge in [0.1, 0.15) is 0 Å². The van der Waals surface area contributed by atoms with Crippen LogP contribution in [0.5, 0.6) is 0 Å². The molecule has 0 amide bonds. The third kappa shape index (κ3) is 2.56. The van der Waals surface area contributed by atoms with Crippen LogP contribution in [-0.2, 0) is 13.6 Å². The second kappa shape index (κ2) is 2.56. The molecule has 0 saturated heterocycles. The van der Waals surface area contributed by atoms with E-state index < -0.39 is 7.75 Å². The maximum Gasteiger partial charge on any atom is 0.403 e. The van der Waals surface area contributed by atoms with Gasteiger partial charge in [-0.1, -0.05) is 0 Å². The predicted octanol–water partition coefficient (Wildman–Crippen LogP) is 1.41. The van der Waals surface area contributed by atoms with Crippen molar-refractivity contribution in [1.82, 2.24) is 0 Å². The van der Waals surface area contributed by atoms with Gasteiger partial charge in [0, 0.05) is 0 Å². The van der Waals surface area contributed by atoms with E-state index in [2.05, 4.69) is 0 Å². The Bertz CT molecular complexity index is 182. The highest BCUT2D eigenvalue weighted by atomic mass is 31.2. The first kappa shape index (κ1) is 7.74. The van der Waals surface area contributed by atoms with Crippen LogP contribution in [-0.4, -0.2) is 12.2 Å². The molecule has 0 aromatic heterocycles. The Labute approximate surface area is 65.6 Å². The first-order valence-electron chi connectivity index (χ1n) is 3.91. The van der Waals surface area contributed by atoms with Gasteiger partial charge < -0.3 is 0 Å². The van der Waals surface area contributed by atoms with Crippen molar-refractivity contribution in [2.75, 3.05) is 0 Å². The molecule has 0 heterocycles. The van der Waals surface area contributed by atoms with E-state index in [0.29, 0.717) is 0 Å². The van der Waals surface area contributed by atoms with Crippen LogP contribution in [0, 0.1) is 0 Å². The van der Waals surface area contributed by atoms with Crippen LogP contribution < -0.4 is 5.50 Å². The van der Waals surface area contributed by atoms with Gasteiger partial charge in [-0.2, -0.15) is 0 Å². The molecule has 0 aliphatic heterocycles. The van der Waals surface area contributed by atoms with Gasteiger partial charge >= 0.3 is 7.75 Å². The molecule has 2 N–H and O–H groups in total. The summed E-state index contributed by atoms with van der Waals surface area (Å²) in [6.45, 7) is 0. The topological polar surface area (TPSA) is 61.6 Å². The summed E-state index contributed by atoms with van der Waals surface area (Å²) in [5.74, 6) is 0. The van der Waals surface area contributed by atoms with E-state index in [4.69, 9.17) is 14.6 Å². The summed E-state index contributed by atoms with van der Waals surface area (Å²) in [6.07, 6.45) is 4.07. The van der Waals surface area contributed by atoms with Crippen molar-refractivity contribution in [3.63, 3.8) is 0 Å². The molecule has 0 radical (unpaired) electrons. The average molecular weight is 177 g/mol. The van der Waals surface area contributed by atoms with Crippen molar-refractivity contribution in [3.05, 3.63) is 0 Å². The van der Waals surface area contributed by atoms with Crippen LogP contribution in [0.15, 0.2) is 0 Å². The monoisotopic (exact) mass is 177 g/mol. The quantitative estimate of drug-likeness (QED) is 0.659. The van der Waals surface area contributed by atoms with Crippen LogP contribution in [0.25, 0.3) is 0 Å². The van der Waals surface area contributed by atoms with Crippen LogP contribution >= 0.6 is 7.75 Å². The molecule has 0 spiro atoms. The molecular formula is C6H12NO3P. The standard InChI is InChI=1S/C6H12NO3P/c7-11(8,9-5-1-2-5)10-6-3-4-6/h5-6H,1-4H2,(H2,7,8). The molecule has 0 aromatic rings. The van der Waals surface area contributed by atoms with Crippen molar-refractivity contribution in [3.8, 4) is 0 Å². The summed E-state index contributed by atoms with van der Waals surface area (Å²) in [5.41, 5.74) is 5.31. The van der Waals surface area contributed by atoms with E-state index in [1.807, 2.05) is 0 Å². The van der Waals surface area contributed by atoms with Gasteiger partial charge in [0.05, 0.1) is 12.2 Å². The Balaban J connectivity index is 1.80. The molecule has 2 aliphatic rings. The van der Waals surface area contributed by atoms with Crippen molar-refractivity contribution in [2.24, 2.45) is 5.50 Å². The summed E-state index contributed by atoms with van der Waals surface area (Å²) >= 11 is 0. The summed E-state index contributed by atoms with van der Waals surface area (Å²) < 4.78 is 21.3. The van der Waals surface area contributed by atoms with Crippen molar-refractivity contribution in [1.29, 1.82) is 0 Å². The van der Waals surface area contributed by atoms with Crippen LogP contribution in [0.3, 0.4) is 0 Å². The molecule has 0 bridgehead atoms. The molecule has 2 rings (SSSR count). The van der Waals surface area contributed by atoms with E-state index in [1.165, 1.54) is 0 Å². The fraction of sp³-hybridized carbons (Fsp3) is 1.00. The third-order valence-electron chi connectivity index (χ3n) is 1.64. The van der Waals surface area contributed by atoms with E-state index >= 15 is 0 Å². The molecule has 64 valence electrons. The Morgan fingerprint density at radius 2 is 1.45 bits per heavy atom. The number of hydrogen-bond acceptors (Lipinski definition) is 3. The molecule has 2 fully saturated rings. The SMILES string of the molecule is NP(=O)(OC1CC1)OC1CC1. The maximum atomic E-state index is 11.2. The summed E-state index contributed by atoms with van der Waals surface area (Å²) in [7, 11) is -3.18. The zero-order valence-electron chi connectivity index (χ0n) is 6.23. The number of rotatable bonds is 4. The van der Waals surface area contributed by atoms with E-state index in [9.17, 15) is 4.57 Å². The van der Waals surface area contributed by atoms with Crippen molar-refractivity contribution >= 4 is 7.75 Å². The molecule has 2 aliphatic carbocycles. The Morgan fingerprint density at radius 1 is 1.09 bits per heavy atom. The summed E-state index contributed by atoms with van der Waals surface area (Å²) in [4.78, 5) is 0. The van der Waals surface area contributed by atoms with Gasteiger partial charge in [-0.25, -0.2) is 10.1 Å². The lowest BCUT2D eigenvalue weighted by molar-refractivity contribution is 0.190. The van der Waals surface area contributed by atoms with Crippen LogP contribution in [0.2, 0.25) is 0 Å². The maximum absolute atomic E-state index is 11.2. The highest BCUT2D eigenvalue weighted by Crippen LogP contribution is 2.50. The molecule has 5 heteroatoms. The molecule has 0 atom stereocenters. The fourth-order valence-corrected chi connectivity index (χ4v) is 2.09. The number of nitrogens with two attached hydrogens (primary N) is 1. The minimum Gasteiger partial charge on any atom is -0.294 e. The van der Waals surface area contributed by atoms with Crippen molar-refractivity contribution in [2.45, 2.75) is 37.9 Å². The Kier molecular flexibility index (Phi) is 1.80. The van der Waals surface area contributed by atoms with E-state index in [1.54, 1.807) is 0 Å². The second-order valence-electron chi connectivity index (χ2n) is 3.15. The Morgan fingerprint density at radius 3 is 1.73 bits per heavy atom. The largest absolute Gasteiger partial charge is 0.403 e. The minimum absolute atomic E-state index is 0.101. The first-order chi connectivity index (χ1) is 5.16. The van der Waals surface area contributed by atoms with Gasteiger partial charge in [-0.05, 0) is 25.7 Å². The molecular weight excluding hydrogens is 165 g/mol. The summed E-state index contributed by atoms with van der Waals surface area (Å²) in [5, 5.41) is 0. The average Bonchev–Trinajstić information content (AvgIpc) is 2.60. The van der Waals surface area contributed by atoms with Crippen LogP contribution in [0.1, 0.15) is 25.7 Å². The van der Waals surface area contributed by atoms with Gasteiger partial charge in [0.15, 0.2) is 0 Å². The van der Waals surface area contributed by atoms with Gasteiger partial charge in [-0.3, -0.25) is 9.05 Å². The number of hydrogen-bond donors (Lipinski definition) is 1. The van der Waals surface area contributed by atoms with Gasteiger partial charge in [-0.15, -0.1) is 0 Å². The zero-order valence-corrected chi connectivity index (χ0v) is 7.13. The lowest BCUT2D eigenvalue weighted by Crippen LogP contribution is -2.06. The second-order valence-corrected chi connectivity index (χ2v) is 4.65. The molecule has 0 unspecified atom stereocenters. The van der Waals surface area contributed by atoms with Gasteiger partial charge in [0.2, 0.25) is 0 Å². The molecule has 11 heavy (non-hydrogen) atoms. The minimum atomic E-state index is -3.18. The van der Waals surface area contributed by atoms with E-state index in [0.717, 1.165) is 25.7 Å². The normalized spacial score (nSPS) is 25.5. The first-order valence-corrected chi connectivity index (χ1v) is 5.52. The molecule has 2 saturated carbocycles.